The average molecular weight is 335 g/mol. The van der Waals surface area contributed by atoms with Crippen LogP contribution < -0.4 is 10.1 Å². The second-order valence-corrected chi connectivity index (χ2v) is 5.23. The number of ether oxygens (including phenoxy) is 1. The van der Waals surface area contributed by atoms with Gasteiger partial charge in [-0.2, -0.15) is 0 Å². The summed E-state index contributed by atoms with van der Waals surface area (Å²) in [7, 11) is 1.56. The van der Waals surface area contributed by atoms with Gasteiger partial charge in [-0.3, -0.25) is 4.79 Å². The number of nitrogens with one attached hydrogen (secondary N) is 1. The number of hydrogen-bond acceptors (Lipinski definition) is 3. The zero-order valence-electron chi connectivity index (χ0n) is 11.3. The number of pyridine rings is 1. The highest BCUT2D eigenvalue weighted by molar-refractivity contribution is 9.10. The zero-order valence-corrected chi connectivity index (χ0v) is 12.9. The van der Waals surface area contributed by atoms with Crippen LogP contribution in [0.4, 0.5) is 0 Å². The number of amides is 1. The minimum Gasteiger partial charge on any atom is -0.481 e. The maximum Gasteiger partial charge on any atom is 0.251 e. The summed E-state index contributed by atoms with van der Waals surface area (Å²) in [6.07, 6.45) is 1.66. The van der Waals surface area contributed by atoms with Crippen LogP contribution in [0.25, 0.3) is 0 Å². The molecule has 1 heterocycles. The Kier molecular flexibility index (Phi) is 4.74. The van der Waals surface area contributed by atoms with Crippen LogP contribution in [0, 0.1) is 6.92 Å². The molecule has 2 rings (SSSR count). The van der Waals surface area contributed by atoms with E-state index in [0.717, 1.165) is 15.6 Å². The van der Waals surface area contributed by atoms with Crippen molar-refractivity contribution in [2.45, 2.75) is 13.5 Å². The number of nitrogens with zero attached hydrogens (tertiary/aromatic N) is 1. The Morgan fingerprint density at radius 1 is 1.40 bits per heavy atom. The molecule has 1 N–H and O–H groups in total. The normalized spacial score (nSPS) is 10.2. The van der Waals surface area contributed by atoms with Crippen LogP contribution in [0.3, 0.4) is 0 Å². The Labute approximate surface area is 126 Å². The number of carbonyl (C=O) groups is 1. The van der Waals surface area contributed by atoms with Crippen molar-refractivity contribution < 1.29 is 9.53 Å². The van der Waals surface area contributed by atoms with Crippen LogP contribution in [-0.4, -0.2) is 18.0 Å². The molecule has 0 saturated heterocycles. The predicted octanol–water partition coefficient (Wildman–Crippen LogP) is 3.09. The van der Waals surface area contributed by atoms with Gasteiger partial charge in [-0.25, -0.2) is 4.98 Å². The summed E-state index contributed by atoms with van der Waals surface area (Å²) >= 11 is 3.37. The molecule has 2 aromatic rings. The Morgan fingerprint density at radius 3 is 2.95 bits per heavy atom. The summed E-state index contributed by atoms with van der Waals surface area (Å²) in [5, 5.41) is 2.88. The van der Waals surface area contributed by atoms with Crippen LogP contribution in [0.2, 0.25) is 0 Å². The molecule has 1 aromatic heterocycles. The van der Waals surface area contributed by atoms with Gasteiger partial charge >= 0.3 is 0 Å². The van der Waals surface area contributed by atoms with E-state index in [1.165, 1.54) is 0 Å². The van der Waals surface area contributed by atoms with Crippen molar-refractivity contribution in [3.05, 3.63) is 57.7 Å². The highest BCUT2D eigenvalue weighted by Gasteiger charge is 2.10. The number of benzene rings is 1. The van der Waals surface area contributed by atoms with Gasteiger partial charge < -0.3 is 10.1 Å². The summed E-state index contributed by atoms with van der Waals surface area (Å²) in [5.74, 6) is 0.411. The van der Waals surface area contributed by atoms with E-state index in [0.29, 0.717) is 18.0 Å². The number of aromatic nitrogens is 1. The van der Waals surface area contributed by atoms with Gasteiger partial charge in [-0.1, -0.05) is 28.1 Å². The molecule has 1 amide bonds. The van der Waals surface area contributed by atoms with Crippen molar-refractivity contribution in [2.75, 3.05) is 7.11 Å². The maximum atomic E-state index is 12.2. The Balaban J connectivity index is 2.11. The zero-order chi connectivity index (χ0) is 14.5. The maximum absolute atomic E-state index is 12.2. The first kappa shape index (κ1) is 14.5. The van der Waals surface area contributed by atoms with Crippen LogP contribution in [-0.2, 0) is 6.54 Å². The standard InChI is InChI=1S/C15H15BrN2O2/c1-10-5-6-12(16)8-13(10)14(19)18-9-11-4-3-7-17-15(11)20-2/h3-8H,9H2,1-2H3,(H,18,19). The fourth-order valence-electron chi connectivity index (χ4n) is 1.85. The van der Waals surface area contributed by atoms with E-state index < -0.39 is 0 Å². The van der Waals surface area contributed by atoms with Gasteiger partial charge in [0.15, 0.2) is 0 Å². The number of methoxy groups -OCH3 is 1. The van der Waals surface area contributed by atoms with Crippen LogP contribution in [0.15, 0.2) is 41.0 Å². The lowest BCUT2D eigenvalue weighted by molar-refractivity contribution is 0.0950. The number of hydrogen-bond donors (Lipinski definition) is 1. The van der Waals surface area contributed by atoms with E-state index in [9.17, 15) is 4.79 Å². The van der Waals surface area contributed by atoms with E-state index in [4.69, 9.17) is 4.74 Å². The van der Waals surface area contributed by atoms with Gasteiger partial charge in [-0.15, -0.1) is 0 Å². The number of carbonyl (C=O) groups excluding carboxylic acids is 1. The monoisotopic (exact) mass is 334 g/mol. The molecule has 104 valence electrons. The lowest BCUT2D eigenvalue weighted by Gasteiger charge is -2.10. The first-order valence-electron chi connectivity index (χ1n) is 6.14. The smallest absolute Gasteiger partial charge is 0.251 e. The average Bonchev–Trinajstić information content (AvgIpc) is 2.47. The molecule has 0 aliphatic rings. The molecule has 20 heavy (non-hydrogen) atoms. The van der Waals surface area contributed by atoms with Crippen molar-refractivity contribution in [1.29, 1.82) is 0 Å². The Bertz CT molecular complexity index is 629. The van der Waals surface area contributed by atoms with Crippen LogP contribution >= 0.6 is 15.9 Å². The van der Waals surface area contributed by atoms with Crippen molar-refractivity contribution in [3.8, 4) is 5.88 Å². The Morgan fingerprint density at radius 2 is 2.20 bits per heavy atom. The topological polar surface area (TPSA) is 51.2 Å². The van der Waals surface area contributed by atoms with Crippen LogP contribution in [0.1, 0.15) is 21.5 Å². The molecule has 5 heteroatoms. The summed E-state index contributed by atoms with van der Waals surface area (Å²) < 4.78 is 6.04. The van der Waals surface area contributed by atoms with E-state index in [1.54, 1.807) is 13.3 Å². The van der Waals surface area contributed by atoms with E-state index in [-0.39, 0.29) is 5.91 Å². The second kappa shape index (κ2) is 6.52. The second-order valence-electron chi connectivity index (χ2n) is 4.31. The molecule has 0 bridgehead atoms. The number of aryl methyl sites for hydroxylation is 1. The molecule has 0 aliphatic heterocycles. The minimum absolute atomic E-state index is 0.116. The van der Waals surface area contributed by atoms with Gasteiger partial charge in [0.2, 0.25) is 5.88 Å². The molecular formula is C15H15BrN2O2. The minimum atomic E-state index is -0.116. The molecule has 0 unspecified atom stereocenters. The third-order valence-electron chi connectivity index (χ3n) is 2.93. The lowest BCUT2D eigenvalue weighted by Crippen LogP contribution is -2.24. The van der Waals surface area contributed by atoms with Crippen molar-refractivity contribution >= 4 is 21.8 Å². The van der Waals surface area contributed by atoms with E-state index >= 15 is 0 Å². The van der Waals surface area contributed by atoms with Gasteiger partial charge in [-0.05, 0) is 30.7 Å². The molecule has 0 aliphatic carbocycles. The van der Waals surface area contributed by atoms with E-state index in [1.807, 2.05) is 37.3 Å². The van der Waals surface area contributed by atoms with Crippen molar-refractivity contribution in [1.82, 2.24) is 10.3 Å². The van der Waals surface area contributed by atoms with Gasteiger partial charge in [0, 0.05) is 28.3 Å². The SMILES string of the molecule is COc1ncccc1CNC(=O)c1cc(Br)ccc1C. The summed E-state index contributed by atoms with van der Waals surface area (Å²) in [5.41, 5.74) is 2.43. The molecule has 0 saturated carbocycles. The molecule has 0 spiro atoms. The third-order valence-corrected chi connectivity index (χ3v) is 3.42. The summed E-state index contributed by atoms with van der Waals surface area (Å²) in [4.78, 5) is 16.3. The number of halogens is 1. The van der Waals surface area contributed by atoms with Gasteiger partial charge in [0.1, 0.15) is 0 Å². The number of rotatable bonds is 4. The third kappa shape index (κ3) is 3.36. The van der Waals surface area contributed by atoms with Gasteiger partial charge in [0.05, 0.1) is 7.11 Å². The largest absolute Gasteiger partial charge is 0.481 e. The summed E-state index contributed by atoms with van der Waals surface area (Å²) in [6.45, 7) is 2.29. The summed E-state index contributed by atoms with van der Waals surface area (Å²) in [6, 6.07) is 9.32. The fraction of sp³-hybridized carbons (Fsp3) is 0.200. The molecule has 0 fully saturated rings. The fourth-order valence-corrected chi connectivity index (χ4v) is 2.21. The Hall–Kier alpha value is -1.88. The van der Waals surface area contributed by atoms with E-state index in [2.05, 4.69) is 26.2 Å². The van der Waals surface area contributed by atoms with Crippen molar-refractivity contribution in [2.24, 2.45) is 0 Å². The molecular weight excluding hydrogens is 320 g/mol. The molecule has 0 radical (unpaired) electrons. The first-order chi connectivity index (χ1) is 9.61. The quantitative estimate of drug-likeness (QED) is 0.934. The molecule has 4 nitrogen and oxygen atoms in total. The van der Waals surface area contributed by atoms with Gasteiger partial charge in [0.25, 0.3) is 5.91 Å². The molecule has 0 atom stereocenters. The highest BCUT2D eigenvalue weighted by Crippen LogP contribution is 2.17. The highest BCUT2D eigenvalue weighted by atomic mass is 79.9. The lowest BCUT2D eigenvalue weighted by atomic mass is 10.1. The molecule has 1 aromatic carbocycles. The van der Waals surface area contributed by atoms with Crippen LogP contribution in [0.5, 0.6) is 5.88 Å². The predicted molar refractivity (Wildman–Crippen MR) is 80.8 cm³/mol. The first-order valence-corrected chi connectivity index (χ1v) is 6.93. The van der Waals surface area contributed by atoms with Crippen molar-refractivity contribution in [3.63, 3.8) is 0 Å².